The predicted molar refractivity (Wildman–Crippen MR) is 139 cm³/mol. The summed E-state index contributed by atoms with van der Waals surface area (Å²) in [6.45, 7) is 1.44. The van der Waals surface area contributed by atoms with Gasteiger partial charge in [0.15, 0.2) is 5.96 Å². The minimum Gasteiger partial charge on any atom is -0.493 e. The van der Waals surface area contributed by atoms with Crippen molar-refractivity contribution in [1.82, 2.24) is 15.5 Å². The van der Waals surface area contributed by atoms with E-state index in [4.69, 9.17) is 16.3 Å². The number of nitrogens with zero attached hydrogens (tertiary/aromatic N) is 2. The maximum Gasteiger partial charge on any atom is 0.243 e. The quantitative estimate of drug-likeness (QED) is 0.312. The molecule has 0 radical (unpaired) electrons. The molecular formula is C24H30ClIN4O2. The molecule has 1 unspecified atom stereocenters. The number of likely N-dealkylation sites (N-methyl/N-ethyl adjacent to an activating group) is 1. The lowest BCUT2D eigenvalue weighted by Crippen LogP contribution is -2.44. The summed E-state index contributed by atoms with van der Waals surface area (Å²) < 4.78 is 5.78. The van der Waals surface area contributed by atoms with Gasteiger partial charge in [-0.25, -0.2) is 4.99 Å². The zero-order chi connectivity index (χ0) is 21.8. The highest BCUT2D eigenvalue weighted by molar-refractivity contribution is 14.0. The molecule has 1 heterocycles. The zero-order valence-corrected chi connectivity index (χ0v) is 21.5. The molecular weight excluding hydrogens is 539 g/mol. The van der Waals surface area contributed by atoms with E-state index in [9.17, 15) is 4.79 Å². The van der Waals surface area contributed by atoms with Crippen LogP contribution in [-0.4, -0.2) is 50.6 Å². The predicted octanol–water partition coefficient (Wildman–Crippen LogP) is 4.14. The standard InChI is InChI=1S/C24H29ClN4O2.HI/c1-29(2)22(30)15-26-23(28-20-11-14-31-21-10-6-3-7-17(20)21)27-16-24(12-13-24)18-8-4-5-9-19(18)25;/h3-10,20H,11-16H2,1-2H3,(H2,26,27,28);1H. The Hall–Kier alpha value is -2.00. The molecule has 1 atom stereocenters. The number of ether oxygens (including phenoxy) is 1. The Bertz CT molecular complexity index is 978. The summed E-state index contributed by atoms with van der Waals surface area (Å²) in [4.78, 5) is 18.3. The number of benzene rings is 2. The van der Waals surface area contributed by atoms with Crippen LogP contribution in [0.25, 0.3) is 0 Å². The first kappa shape index (κ1) is 24.6. The molecule has 2 aromatic rings. The lowest BCUT2D eigenvalue weighted by atomic mass is 9.96. The van der Waals surface area contributed by atoms with Gasteiger partial charge in [-0.1, -0.05) is 48.0 Å². The van der Waals surface area contributed by atoms with Gasteiger partial charge in [0.1, 0.15) is 12.3 Å². The normalized spacial score (nSPS) is 18.5. The lowest BCUT2D eigenvalue weighted by Gasteiger charge is -2.29. The van der Waals surface area contributed by atoms with Gasteiger partial charge in [-0.3, -0.25) is 4.79 Å². The number of para-hydroxylation sites is 1. The molecule has 172 valence electrons. The molecule has 8 heteroatoms. The maximum absolute atomic E-state index is 12.1. The summed E-state index contributed by atoms with van der Waals surface area (Å²) in [6.07, 6.45) is 2.98. The number of fused-ring (bicyclic) bond motifs is 1. The van der Waals surface area contributed by atoms with E-state index in [2.05, 4.69) is 27.8 Å². The third-order valence-electron chi connectivity index (χ3n) is 6.03. The average molecular weight is 569 g/mol. The Kier molecular flexibility index (Phi) is 8.27. The van der Waals surface area contributed by atoms with Gasteiger partial charge < -0.3 is 20.3 Å². The topological polar surface area (TPSA) is 66.0 Å². The molecule has 0 bridgehead atoms. The molecule has 0 aromatic heterocycles. The highest BCUT2D eigenvalue weighted by atomic mass is 127. The minimum atomic E-state index is -0.0410. The van der Waals surface area contributed by atoms with E-state index in [1.54, 1.807) is 19.0 Å². The number of halogens is 2. The van der Waals surface area contributed by atoms with Crippen LogP contribution < -0.4 is 15.4 Å². The van der Waals surface area contributed by atoms with E-state index >= 15 is 0 Å². The van der Waals surface area contributed by atoms with Crippen molar-refractivity contribution in [2.75, 3.05) is 33.8 Å². The highest BCUT2D eigenvalue weighted by Crippen LogP contribution is 2.49. The third-order valence-corrected chi connectivity index (χ3v) is 6.36. The van der Waals surface area contributed by atoms with Crippen LogP contribution in [0, 0.1) is 0 Å². The molecule has 1 aliphatic heterocycles. The van der Waals surface area contributed by atoms with Crippen LogP contribution >= 0.6 is 35.6 Å². The molecule has 0 saturated heterocycles. The zero-order valence-electron chi connectivity index (χ0n) is 18.4. The second kappa shape index (κ2) is 10.7. The second-order valence-corrected chi connectivity index (χ2v) is 8.85. The molecule has 1 saturated carbocycles. The van der Waals surface area contributed by atoms with Gasteiger partial charge in [0.05, 0.1) is 12.6 Å². The van der Waals surface area contributed by atoms with E-state index in [1.807, 2.05) is 36.4 Å². The summed E-state index contributed by atoms with van der Waals surface area (Å²) in [6, 6.07) is 16.2. The van der Waals surface area contributed by atoms with Crippen molar-refractivity contribution in [2.24, 2.45) is 4.99 Å². The van der Waals surface area contributed by atoms with Gasteiger partial charge in [-0.05, 0) is 30.5 Å². The fourth-order valence-electron chi connectivity index (χ4n) is 3.93. The van der Waals surface area contributed by atoms with Gasteiger partial charge in [0, 0.05) is 43.1 Å². The lowest BCUT2D eigenvalue weighted by molar-refractivity contribution is -0.127. The summed E-state index contributed by atoms with van der Waals surface area (Å²) in [7, 11) is 3.48. The number of guanidine groups is 1. The molecule has 1 aliphatic carbocycles. The summed E-state index contributed by atoms with van der Waals surface area (Å²) >= 11 is 6.48. The highest BCUT2D eigenvalue weighted by Gasteiger charge is 2.45. The summed E-state index contributed by atoms with van der Waals surface area (Å²) in [5.41, 5.74) is 2.29. The van der Waals surface area contributed by atoms with Crippen LogP contribution in [0.2, 0.25) is 5.02 Å². The average Bonchev–Trinajstić information content (AvgIpc) is 3.56. The van der Waals surface area contributed by atoms with Crippen molar-refractivity contribution in [1.29, 1.82) is 0 Å². The molecule has 4 rings (SSSR count). The number of hydrogen-bond acceptors (Lipinski definition) is 3. The number of aliphatic imine (C=N–C) groups is 1. The van der Waals surface area contributed by atoms with Crippen molar-refractivity contribution in [3.05, 3.63) is 64.7 Å². The first-order chi connectivity index (χ1) is 15.0. The van der Waals surface area contributed by atoms with Gasteiger partial charge in [0.25, 0.3) is 0 Å². The van der Waals surface area contributed by atoms with E-state index in [0.29, 0.717) is 19.1 Å². The Labute approximate surface area is 211 Å². The number of nitrogens with one attached hydrogen (secondary N) is 2. The van der Waals surface area contributed by atoms with Gasteiger partial charge in [0.2, 0.25) is 5.91 Å². The Morgan fingerprint density at radius 2 is 1.91 bits per heavy atom. The van der Waals surface area contributed by atoms with Crippen molar-refractivity contribution in [2.45, 2.75) is 30.7 Å². The van der Waals surface area contributed by atoms with Gasteiger partial charge in [-0.15, -0.1) is 24.0 Å². The monoisotopic (exact) mass is 568 g/mol. The van der Waals surface area contributed by atoms with Gasteiger partial charge in [-0.2, -0.15) is 0 Å². The SMILES string of the molecule is CN(C)C(=O)CN=C(NCC1(c2ccccc2Cl)CC1)NC1CCOc2ccccc21.I. The van der Waals surface area contributed by atoms with E-state index in [-0.39, 0.29) is 47.9 Å². The van der Waals surface area contributed by atoms with Gasteiger partial charge >= 0.3 is 0 Å². The Morgan fingerprint density at radius 1 is 1.19 bits per heavy atom. The number of hydrogen-bond donors (Lipinski definition) is 2. The minimum absolute atomic E-state index is 0. The van der Waals surface area contributed by atoms with Crippen LogP contribution in [0.3, 0.4) is 0 Å². The van der Waals surface area contributed by atoms with Crippen molar-refractivity contribution < 1.29 is 9.53 Å². The Balaban J connectivity index is 0.00000289. The molecule has 6 nitrogen and oxygen atoms in total. The number of carbonyl (C=O) groups is 1. The van der Waals surface area contributed by atoms with E-state index in [1.165, 1.54) is 5.56 Å². The van der Waals surface area contributed by atoms with E-state index in [0.717, 1.165) is 35.6 Å². The van der Waals surface area contributed by atoms with Crippen LogP contribution in [-0.2, 0) is 10.2 Å². The summed E-state index contributed by atoms with van der Waals surface area (Å²) in [5, 5.41) is 7.82. The largest absolute Gasteiger partial charge is 0.493 e. The number of amides is 1. The molecule has 1 amide bonds. The van der Waals surface area contributed by atoms with Crippen LogP contribution in [0.4, 0.5) is 0 Å². The third kappa shape index (κ3) is 5.67. The second-order valence-electron chi connectivity index (χ2n) is 8.44. The van der Waals surface area contributed by atoms with Crippen LogP contribution in [0.1, 0.15) is 36.4 Å². The van der Waals surface area contributed by atoms with Crippen molar-refractivity contribution in [3.63, 3.8) is 0 Å². The molecule has 0 spiro atoms. The molecule has 1 fully saturated rings. The van der Waals surface area contributed by atoms with Crippen molar-refractivity contribution in [3.8, 4) is 5.75 Å². The Morgan fingerprint density at radius 3 is 2.62 bits per heavy atom. The summed E-state index contributed by atoms with van der Waals surface area (Å²) in [5.74, 6) is 1.49. The van der Waals surface area contributed by atoms with Crippen LogP contribution in [0.5, 0.6) is 5.75 Å². The van der Waals surface area contributed by atoms with E-state index < -0.39 is 0 Å². The maximum atomic E-state index is 12.1. The smallest absolute Gasteiger partial charge is 0.243 e. The van der Waals surface area contributed by atoms with Crippen LogP contribution in [0.15, 0.2) is 53.5 Å². The van der Waals surface area contributed by atoms with Crippen molar-refractivity contribution >= 4 is 47.4 Å². The fourth-order valence-corrected chi connectivity index (χ4v) is 4.27. The number of carbonyl (C=O) groups excluding carboxylic acids is 1. The first-order valence-corrected chi connectivity index (χ1v) is 11.1. The molecule has 2 aromatic carbocycles. The first-order valence-electron chi connectivity index (χ1n) is 10.7. The molecule has 2 N–H and O–H groups in total. The molecule has 2 aliphatic rings. The molecule has 32 heavy (non-hydrogen) atoms. The number of rotatable bonds is 6. The fraction of sp³-hybridized carbons (Fsp3) is 0.417.